The van der Waals surface area contributed by atoms with Gasteiger partial charge in [-0.3, -0.25) is 0 Å². The number of thiophene rings is 1. The van der Waals surface area contributed by atoms with E-state index in [4.69, 9.17) is 5.73 Å². The fourth-order valence-corrected chi connectivity index (χ4v) is 2.97. The van der Waals surface area contributed by atoms with Crippen LogP contribution in [0.15, 0.2) is 53.9 Å². The Morgan fingerprint density at radius 1 is 0.750 bits per heavy atom. The maximum Gasteiger partial charge on any atom is 0.123 e. The molecule has 0 saturated carbocycles. The lowest BCUT2D eigenvalue weighted by Crippen LogP contribution is -1.87. The highest BCUT2D eigenvalue weighted by molar-refractivity contribution is 7.15. The molecule has 100 valence electrons. The molecule has 4 heteroatoms. The van der Waals surface area contributed by atoms with E-state index in [9.17, 15) is 8.78 Å². The van der Waals surface area contributed by atoms with Crippen molar-refractivity contribution < 1.29 is 8.78 Å². The number of benzene rings is 2. The molecule has 0 atom stereocenters. The Labute approximate surface area is 119 Å². The van der Waals surface area contributed by atoms with Crippen molar-refractivity contribution in [3.63, 3.8) is 0 Å². The summed E-state index contributed by atoms with van der Waals surface area (Å²) in [5.41, 5.74) is 9.56. The quantitative estimate of drug-likeness (QED) is 0.709. The van der Waals surface area contributed by atoms with Gasteiger partial charge in [-0.25, -0.2) is 8.78 Å². The summed E-state index contributed by atoms with van der Waals surface area (Å²) in [6, 6.07) is 12.5. The number of nitrogen functional groups attached to an aromatic ring is 1. The molecule has 0 aliphatic carbocycles. The molecule has 20 heavy (non-hydrogen) atoms. The molecule has 1 heterocycles. The van der Waals surface area contributed by atoms with Crippen LogP contribution >= 0.6 is 11.3 Å². The lowest BCUT2D eigenvalue weighted by atomic mass is 9.98. The van der Waals surface area contributed by atoms with Crippen LogP contribution in [0.5, 0.6) is 0 Å². The summed E-state index contributed by atoms with van der Waals surface area (Å²) in [5.74, 6) is -0.564. The molecule has 0 radical (unpaired) electrons. The molecule has 0 fully saturated rings. The summed E-state index contributed by atoms with van der Waals surface area (Å²) >= 11 is 1.42. The molecule has 0 spiro atoms. The smallest absolute Gasteiger partial charge is 0.123 e. The number of anilines is 1. The molecular formula is C16H11F2NS. The van der Waals surface area contributed by atoms with Gasteiger partial charge in [0.25, 0.3) is 0 Å². The van der Waals surface area contributed by atoms with Crippen LogP contribution in [0.3, 0.4) is 0 Å². The van der Waals surface area contributed by atoms with E-state index < -0.39 is 0 Å². The number of halogens is 2. The Morgan fingerprint density at radius 2 is 1.25 bits per heavy atom. The summed E-state index contributed by atoms with van der Waals surface area (Å²) in [6.07, 6.45) is 0. The van der Waals surface area contributed by atoms with Crippen molar-refractivity contribution >= 4 is 16.3 Å². The molecule has 0 bridgehead atoms. The average Bonchev–Trinajstić information content (AvgIpc) is 2.83. The zero-order chi connectivity index (χ0) is 14.1. The first kappa shape index (κ1) is 12.8. The molecule has 1 aromatic heterocycles. The first-order chi connectivity index (χ1) is 9.65. The third-order valence-electron chi connectivity index (χ3n) is 3.11. The summed E-state index contributed by atoms with van der Waals surface area (Å²) < 4.78 is 26.0. The molecule has 2 N–H and O–H groups in total. The van der Waals surface area contributed by atoms with Gasteiger partial charge in [-0.1, -0.05) is 24.3 Å². The third kappa shape index (κ3) is 2.30. The predicted octanol–water partition coefficient (Wildman–Crippen LogP) is 4.94. The van der Waals surface area contributed by atoms with Crippen LogP contribution in [0, 0.1) is 11.6 Å². The lowest BCUT2D eigenvalue weighted by molar-refractivity contribution is 0.627. The summed E-state index contributed by atoms with van der Waals surface area (Å²) in [7, 11) is 0. The van der Waals surface area contributed by atoms with E-state index >= 15 is 0 Å². The SMILES string of the molecule is Nc1scc(-c2ccc(F)cc2)c1-c1ccc(F)cc1. The highest BCUT2D eigenvalue weighted by Crippen LogP contribution is 2.41. The second kappa shape index (κ2) is 5.06. The summed E-state index contributed by atoms with van der Waals surface area (Å²) in [5, 5.41) is 2.59. The lowest BCUT2D eigenvalue weighted by Gasteiger charge is -2.06. The van der Waals surface area contributed by atoms with Crippen LogP contribution in [0.25, 0.3) is 22.3 Å². The van der Waals surface area contributed by atoms with Crippen molar-refractivity contribution in [1.29, 1.82) is 0 Å². The monoisotopic (exact) mass is 287 g/mol. The zero-order valence-corrected chi connectivity index (χ0v) is 11.3. The number of hydrogen-bond donors (Lipinski definition) is 1. The van der Waals surface area contributed by atoms with Gasteiger partial charge < -0.3 is 5.73 Å². The van der Waals surface area contributed by atoms with Gasteiger partial charge in [0.1, 0.15) is 11.6 Å². The van der Waals surface area contributed by atoms with E-state index in [2.05, 4.69) is 0 Å². The van der Waals surface area contributed by atoms with E-state index in [-0.39, 0.29) is 11.6 Å². The van der Waals surface area contributed by atoms with Gasteiger partial charge in [-0.15, -0.1) is 11.3 Å². The Hall–Kier alpha value is -2.20. The predicted molar refractivity (Wildman–Crippen MR) is 79.5 cm³/mol. The van der Waals surface area contributed by atoms with E-state index in [0.29, 0.717) is 5.00 Å². The Kier molecular flexibility index (Phi) is 3.24. The number of rotatable bonds is 2. The summed E-state index contributed by atoms with van der Waals surface area (Å²) in [4.78, 5) is 0. The molecule has 0 unspecified atom stereocenters. The minimum atomic E-state index is -0.286. The van der Waals surface area contributed by atoms with Gasteiger partial charge in [0, 0.05) is 16.5 Å². The standard InChI is InChI=1S/C16H11F2NS/c17-12-5-1-10(2-6-12)14-9-20-16(19)15(14)11-3-7-13(18)8-4-11/h1-9H,19H2. The number of nitrogens with two attached hydrogens (primary N) is 1. The first-order valence-corrected chi connectivity index (χ1v) is 6.92. The molecule has 0 amide bonds. The van der Waals surface area contributed by atoms with Gasteiger partial charge in [-0.05, 0) is 35.4 Å². The molecule has 2 aromatic carbocycles. The van der Waals surface area contributed by atoms with Gasteiger partial charge in [0.05, 0.1) is 5.00 Å². The fourth-order valence-electron chi connectivity index (χ4n) is 2.13. The van der Waals surface area contributed by atoms with E-state index in [1.807, 2.05) is 5.38 Å². The molecular weight excluding hydrogens is 276 g/mol. The largest absolute Gasteiger partial charge is 0.390 e. The Morgan fingerprint density at radius 3 is 1.80 bits per heavy atom. The van der Waals surface area contributed by atoms with Crippen LogP contribution in [0.4, 0.5) is 13.8 Å². The van der Waals surface area contributed by atoms with E-state index in [1.165, 1.54) is 35.6 Å². The van der Waals surface area contributed by atoms with Gasteiger partial charge in [0.15, 0.2) is 0 Å². The molecule has 3 aromatic rings. The second-order valence-corrected chi connectivity index (χ2v) is 5.31. The minimum absolute atomic E-state index is 0.278. The van der Waals surface area contributed by atoms with Crippen LogP contribution in [0.2, 0.25) is 0 Å². The topological polar surface area (TPSA) is 26.0 Å². The van der Waals surface area contributed by atoms with Gasteiger partial charge in [0.2, 0.25) is 0 Å². The third-order valence-corrected chi connectivity index (χ3v) is 3.92. The number of hydrogen-bond acceptors (Lipinski definition) is 2. The van der Waals surface area contributed by atoms with Gasteiger partial charge in [-0.2, -0.15) is 0 Å². The fraction of sp³-hybridized carbons (Fsp3) is 0. The molecule has 3 rings (SSSR count). The minimum Gasteiger partial charge on any atom is -0.390 e. The average molecular weight is 287 g/mol. The van der Waals surface area contributed by atoms with Crippen molar-refractivity contribution in [2.75, 3.05) is 5.73 Å². The van der Waals surface area contributed by atoms with Crippen LogP contribution in [-0.2, 0) is 0 Å². The van der Waals surface area contributed by atoms with Crippen LogP contribution in [0.1, 0.15) is 0 Å². The molecule has 0 saturated heterocycles. The maximum atomic E-state index is 13.0. The maximum absolute atomic E-state index is 13.0. The van der Waals surface area contributed by atoms with Gasteiger partial charge >= 0.3 is 0 Å². The molecule has 0 aliphatic rings. The second-order valence-electron chi connectivity index (χ2n) is 4.40. The zero-order valence-electron chi connectivity index (χ0n) is 10.4. The van der Waals surface area contributed by atoms with E-state index in [1.54, 1.807) is 24.3 Å². The van der Waals surface area contributed by atoms with Crippen LogP contribution in [-0.4, -0.2) is 0 Å². The first-order valence-electron chi connectivity index (χ1n) is 6.04. The van der Waals surface area contributed by atoms with Crippen LogP contribution < -0.4 is 5.73 Å². The van der Waals surface area contributed by atoms with Crippen molar-refractivity contribution in [2.45, 2.75) is 0 Å². The van der Waals surface area contributed by atoms with Crippen molar-refractivity contribution in [2.24, 2.45) is 0 Å². The highest BCUT2D eigenvalue weighted by atomic mass is 32.1. The van der Waals surface area contributed by atoms with E-state index in [0.717, 1.165) is 22.3 Å². The Bertz CT molecular complexity index is 730. The van der Waals surface area contributed by atoms with Crippen molar-refractivity contribution in [3.05, 3.63) is 65.5 Å². The summed E-state index contributed by atoms with van der Waals surface area (Å²) in [6.45, 7) is 0. The Balaban J connectivity index is 2.14. The van der Waals surface area contributed by atoms with Crippen molar-refractivity contribution in [1.82, 2.24) is 0 Å². The molecule has 0 aliphatic heterocycles. The molecule has 1 nitrogen and oxygen atoms in total. The normalized spacial score (nSPS) is 10.7. The highest BCUT2D eigenvalue weighted by Gasteiger charge is 2.13. The van der Waals surface area contributed by atoms with Crippen molar-refractivity contribution in [3.8, 4) is 22.3 Å².